The van der Waals surface area contributed by atoms with Crippen LogP contribution in [0.3, 0.4) is 0 Å². The standard InChI is InChI=1S/C24H18FN3O2/c25-14-7-8-15-17(11-26-19(15)10-14)20-21(24(30)27-23(20)29)18-12-28-9-2-1-4-13-5-3-6-16(18)22(13)28/h3,5-8,10-12,26H,1-2,4,9H2,(H,27,29,30). The highest BCUT2D eigenvalue weighted by atomic mass is 19.1. The molecular formula is C24H18FN3O2. The van der Waals surface area contributed by atoms with Crippen molar-refractivity contribution >= 4 is 44.8 Å². The predicted molar refractivity (Wildman–Crippen MR) is 113 cm³/mol. The number of H-pyrrole nitrogens is 1. The highest BCUT2D eigenvalue weighted by Crippen LogP contribution is 2.39. The number of carbonyl (C=O) groups is 2. The summed E-state index contributed by atoms with van der Waals surface area (Å²) in [5.41, 5.74) is 5.08. The van der Waals surface area contributed by atoms with Crippen molar-refractivity contribution in [1.29, 1.82) is 0 Å². The van der Waals surface area contributed by atoms with Gasteiger partial charge in [-0.25, -0.2) is 4.39 Å². The molecule has 2 aliphatic rings. The van der Waals surface area contributed by atoms with Crippen molar-refractivity contribution < 1.29 is 14.0 Å². The summed E-state index contributed by atoms with van der Waals surface area (Å²) in [6.45, 7) is 0.887. The highest BCUT2D eigenvalue weighted by molar-refractivity contribution is 6.50. The molecule has 148 valence electrons. The van der Waals surface area contributed by atoms with Crippen LogP contribution in [-0.2, 0) is 22.6 Å². The van der Waals surface area contributed by atoms with Gasteiger partial charge in [0.15, 0.2) is 0 Å². The summed E-state index contributed by atoms with van der Waals surface area (Å²) in [5, 5.41) is 4.16. The van der Waals surface area contributed by atoms with Crippen LogP contribution < -0.4 is 5.32 Å². The average molecular weight is 399 g/mol. The van der Waals surface area contributed by atoms with E-state index >= 15 is 0 Å². The Morgan fingerprint density at radius 2 is 1.77 bits per heavy atom. The molecule has 2 aromatic heterocycles. The van der Waals surface area contributed by atoms with Gasteiger partial charge < -0.3 is 9.55 Å². The lowest BCUT2D eigenvalue weighted by atomic mass is 9.94. The zero-order chi connectivity index (χ0) is 20.4. The van der Waals surface area contributed by atoms with Gasteiger partial charge in [0.2, 0.25) is 0 Å². The molecule has 0 fully saturated rings. The number of aromatic amines is 1. The lowest BCUT2D eigenvalue weighted by molar-refractivity contribution is -0.122. The van der Waals surface area contributed by atoms with Gasteiger partial charge in [-0.1, -0.05) is 18.2 Å². The molecule has 0 aliphatic carbocycles. The fraction of sp³-hybridized carbons (Fsp3) is 0.167. The number of fused-ring (bicyclic) bond motifs is 1. The fourth-order valence-electron chi connectivity index (χ4n) is 4.89. The van der Waals surface area contributed by atoms with Crippen molar-refractivity contribution in [2.24, 2.45) is 0 Å². The van der Waals surface area contributed by atoms with E-state index in [4.69, 9.17) is 0 Å². The molecule has 0 radical (unpaired) electrons. The Hall–Kier alpha value is -3.67. The molecule has 5 nitrogen and oxygen atoms in total. The molecule has 0 saturated carbocycles. The first-order valence-electron chi connectivity index (χ1n) is 10.1. The van der Waals surface area contributed by atoms with Crippen LogP contribution >= 0.6 is 0 Å². The van der Waals surface area contributed by atoms with E-state index in [2.05, 4.69) is 20.9 Å². The highest BCUT2D eigenvalue weighted by Gasteiger charge is 2.35. The van der Waals surface area contributed by atoms with E-state index in [1.807, 2.05) is 18.3 Å². The topological polar surface area (TPSA) is 66.9 Å². The largest absolute Gasteiger partial charge is 0.360 e. The van der Waals surface area contributed by atoms with Crippen LogP contribution in [0.2, 0.25) is 0 Å². The minimum absolute atomic E-state index is 0.333. The molecule has 4 aromatic rings. The molecule has 0 atom stereocenters. The molecule has 2 aromatic carbocycles. The molecule has 4 heterocycles. The van der Waals surface area contributed by atoms with E-state index in [1.165, 1.54) is 17.7 Å². The van der Waals surface area contributed by atoms with Gasteiger partial charge in [0.05, 0.1) is 16.7 Å². The summed E-state index contributed by atoms with van der Waals surface area (Å²) in [5.74, 6) is -1.18. The summed E-state index contributed by atoms with van der Waals surface area (Å²) >= 11 is 0. The number of benzene rings is 2. The first kappa shape index (κ1) is 17.2. The number of halogens is 1. The van der Waals surface area contributed by atoms with Gasteiger partial charge in [-0.05, 0) is 43.0 Å². The number of rotatable bonds is 2. The monoisotopic (exact) mass is 399 g/mol. The van der Waals surface area contributed by atoms with E-state index in [-0.39, 0.29) is 5.82 Å². The van der Waals surface area contributed by atoms with Crippen molar-refractivity contribution in [2.45, 2.75) is 25.8 Å². The summed E-state index contributed by atoms with van der Waals surface area (Å²) < 4.78 is 15.8. The third-order valence-corrected chi connectivity index (χ3v) is 6.19. The number of hydrogen-bond acceptors (Lipinski definition) is 2. The molecule has 30 heavy (non-hydrogen) atoms. The first-order valence-corrected chi connectivity index (χ1v) is 10.1. The number of carbonyl (C=O) groups excluding carboxylic acids is 2. The molecular weight excluding hydrogens is 381 g/mol. The maximum absolute atomic E-state index is 13.6. The summed E-state index contributed by atoms with van der Waals surface area (Å²) in [6, 6.07) is 10.5. The van der Waals surface area contributed by atoms with Gasteiger partial charge in [0.25, 0.3) is 11.8 Å². The van der Waals surface area contributed by atoms with Gasteiger partial charge >= 0.3 is 0 Å². The average Bonchev–Trinajstić information content (AvgIpc) is 3.32. The lowest BCUT2D eigenvalue weighted by Crippen LogP contribution is -2.22. The number of imide groups is 1. The first-order chi connectivity index (χ1) is 14.6. The van der Waals surface area contributed by atoms with Crippen LogP contribution in [0, 0.1) is 5.82 Å². The molecule has 2 amide bonds. The Balaban J connectivity index is 1.67. The third kappa shape index (κ3) is 2.33. The number of amides is 2. The second-order valence-corrected chi connectivity index (χ2v) is 7.93. The van der Waals surface area contributed by atoms with E-state index in [9.17, 15) is 14.0 Å². The number of para-hydroxylation sites is 1. The van der Waals surface area contributed by atoms with Gasteiger partial charge in [0.1, 0.15) is 5.82 Å². The summed E-state index contributed by atoms with van der Waals surface area (Å²) in [6.07, 6.45) is 6.89. The normalized spacial score (nSPS) is 16.6. The van der Waals surface area contributed by atoms with Crippen LogP contribution in [0.15, 0.2) is 48.8 Å². The van der Waals surface area contributed by atoms with Crippen LogP contribution in [-0.4, -0.2) is 21.4 Å². The Bertz CT molecular complexity index is 1420. The van der Waals surface area contributed by atoms with Crippen LogP contribution in [0.1, 0.15) is 29.5 Å². The minimum atomic E-state index is -0.427. The van der Waals surface area contributed by atoms with Crippen molar-refractivity contribution in [3.05, 3.63) is 71.3 Å². The number of aromatic nitrogens is 2. The van der Waals surface area contributed by atoms with E-state index < -0.39 is 11.8 Å². The van der Waals surface area contributed by atoms with Gasteiger partial charge in [-0.15, -0.1) is 0 Å². The number of aryl methyl sites for hydroxylation is 2. The van der Waals surface area contributed by atoms with Crippen molar-refractivity contribution in [3.63, 3.8) is 0 Å². The van der Waals surface area contributed by atoms with Crippen LogP contribution in [0.5, 0.6) is 0 Å². The van der Waals surface area contributed by atoms with E-state index in [0.29, 0.717) is 27.6 Å². The van der Waals surface area contributed by atoms with Gasteiger partial charge in [-0.3, -0.25) is 14.9 Å². The Morgan fingerprint density at radius 1 is 0.933 bits per heavy atom. The molecule has 2 N–H and O–H groups in total. The summed E-state index contributed by atoms with van der Waals surface area (Å²) in [7, 11) is 0. The zero-order valence-corrected chi connectivity index (χ0v) is 16.1. The SMILES string of the molecule is O=C1NC(=O)C(c2cn3c4c(cccc24)CCCC3)=C1c1c[nH]c2cc(F)ccc12. The molecule has 0 bridgehead atoms. The second kappa shape index (κ2) is 6.16. The van der Waals surface area contributed by atoms with Gasteiger partial charge in [-0.2, -0.15) is 0 Å². The number of hydrogen-bond donors (Lipinski definition) is 2. The fourth-order valence-corrected chi connectivity index (χ4v) is 4.89. The molecule has 0 unspecified atom stereocenters. The van der Waals surface area contributed by atoms with Crippen LogP contribution in [0.4, 0.5) is 4.39 Å². The zero-order valence-electron chi connectivity index (χ0n) is 16.1. The van der Waals surface area contributed by atoms with E-state index in [0.717, 1.165) is 42.3 Å². The summed E-state index contributed by atoms with van der Waals surface area (Å²) in [4.78, 5) is 28.8. The Kier molecular flexibility index (Phi) is 3.53. The molecule has 6 heteroatoms. The van der Waals surface area contributed by atoms with Crippen molar-refractivity contribution in [3.8, 4) is 0 Å². The maximum atomic E-state index is 13.6. The number of nitrogens with zero attached hydrogens (tertiary/aromatic N) is 1. The Morgan fingerprint density at radius 3 is 2.63 bits per heavy atom. The van der Waals surface area contributed by atoms with Crippen molar-refractivity contribution in [1.82, 2.24) is 14.9 Å². The number of nitrogens with one attached hydrogen (secondary N) is 2. The lowest BCUT2D eigenvalue weighted by Gasteiger charge is -2.04. The quantitative estimate of drug-likeness (QED) is 0.497. The molecule has 6 rings (SSSR count). The minimum Gasteiger partial charge on any atom is -0.360 e. The third-order valence-electron chi connectivity index (χ3n) is 6.19. The Labute approximate surface area is 171 Å². The van der Waals surface area contributed by atoms with E-state index in [1.54, 1.807) is 12.3 Å². The predicted octanol–water partition coefficient (Wildman–Crippen LogP) is 4.17. The smallest absolute Gasteiger partial charge is 0.259 e. The van der Waals surface area contributed by atoms with Gasteiger partial charge in [0, 0.05) is 46.4 Å². The second-order valence-electron chi connectivity index (χ2n) is 7.93. The van der Waals surface area contributed by atoms with Crippen molar-refractivity contribution in [2.75, 3.05) is 0 Å². The molecule has 0 spiro atoms. The van der Waals surface area contributed by atoms with Crippen LogP contribution in [0.25, 0.3) is 33.0 Å². The molecule has 2 aliphatic heterocycles. The molecule has 0 saturated heterocycles. The maximum Gasteiger partial charge on any atom is 0.259 e.